The maximum atomic E-state index is 12.7. The van der Waals surface area contributed by atoms with Crippen molar-refractivity contribution in [2.45, 2.75) is 18.4 Å². The van der Waals surface area contributed by atoms with Crippen LogP contribution in [-0.2, 0) is 4.79 Å². The molecule has 2 heterocycles. The van der Waals surface area contributed by atoms with Crippen LogP contribution in [0.5, 0.6) is 0 Å². The third kappa shape index (κ3) is 2.56. The maximum Gasteiger partial charge on any atom is 0.324 e. The highest BCUT2D eigenvalue weighted by Gasteiger charge is 2.51. The van der Waals surface area contributed by atoms with Crippen LogP contribution < -0.4 is 10.6 Å². The molecule has 2 aliphatic rings. The number of carbonyl (C=O) groups excluding carboxylic acids is 3. The summed E-state index contributed by atoms with van der Waals surface area (Å²) in [5.41, 5.74) is -0.0967. The van der Waals surface area contributed by atoms with Crippen LogP contribution in [0.3, 0.4) is 0 Å². The number of hydrogen-bond donors (Lipinski definition) is 2. The predicted octanol–water partition coefficient (Wildman–Crippen LogP) is 2.39. The van der Waals surface area contributed by atoms with Gasteiger partial charge in [0.1, 0.15) is 5.54 Å². The number of likely N-dealkylation sites (tertiary alicyclic amines) is 1. The number of hydrogen-bond acceptors (Lipinski definition) is 3. The summed E-state index contributed by atoms with van der Waals surface area (Å²) in [4.78, 5) is 39.5. The van der Waals surface area contributed by atoms with E-state index >= 15 is 0 Å². The third-order valence-electron chi connectivity index (χ3n) is 5.30. The highest BCUT2D eigenvalue weighted by molar-refractivity contribution is 6.07. The number of rotatable bonds is 1. The molecule has 0 unspecified atom stereocenters. The van der Waals surface area contributed by atoms with Gasteiger partial charge in [-0.1, -0.05) is 36.4 Å². The van der Waals surface area contributed by atoms with Crippen molar-refractivity contribution in [3.05, 3.63) is 42.5 Å². The van der Waals surface area contributed by atoms with Crippen molar-refractivity contribution >= 4 is 34.4 Å². The average molecular weight is 352 g/mol. The molecular formula is C19H20N4O3. The number of nitrogens with zero attached hydrogens (tertiary/aromatic N) is 2. The summed E-state index contributed by atoms with van der Waals surface area (Å²) in [6.45, 7) is 0.826. The number of benzene rings is 2. The van der Waals surface area contributed by atoms with Crippen molar-refractivity contribution in [1.82, 2.24) is 15.1 Å². The Hall–Kier alpha value is -3.09. The Balaban J connectivity index is 1.46. The van der Waals surface area contributed by atoms with Gasteiger partial charge in [0.15, 0.2) is 0 Å². The summed E-state index contributed by atoms with van der Waals surface area (Å²) in [5.74, 6) is -0.211. The lowest BCUT2D eigenvalue weighted by atomic mass is 9.87. The Labute approximate surface area is 150 Å². The Morgan fingerprint density at radius 1 is 1.08 bits per heavy atom. The quantitative estimate of drug-likeness (QED) is 0.773. The highest BCUT2D eigenvalue weighted by Crippen LogP contribution is 2.29. The standard InChI is InChI=1S/C19H20N4O3/c1-22-16(24)19(21-18(22)26)9-11-23(12-10-19)17(25)20-15-8-4-6-13-5-2-3-7-14(13)15/h2-8H,9-12H2,1H3,(H,20,25)(H,21,26). The van der Waals surface area contributed by atoms with E-state index in [1.807, 2.05) is 42.5 Å². The van der Waals surface area contributed by atoms with Crippen LogP contribution in [0.15, 0.2) is 42.5 Å². The van der Waals surface area contributed by atoms with E-state index in [2.05, 4.69) is 10.6 Å². The lowest BCUT2D eigenvalue weighted by Gasteiger charge is -2.37. The number of fused-ring (bicyclic) bond motifs is 1. The highest BCUT2D eigenvalue weighted by atomic mass is 16.2. The lowest BCUT2D eigenvalue weighted by molar-refractivity contribution is -0.131. The molecule has 7 heteroatoms. The third-order valence-corrected chi connectivity index (χ3v) is 5.30. The molecule has 5 amide bonds. The normalized spacial score (nSPS) is 19.1. The van der Waals surface area contributed by atoms with Crippen LogP contribution in [-0.4, -0.2) is 53.4 Å². The van der Waals surface area contributed by atoms with Gasteiger partial charge in [-0.15, -0.1) is 0 Å². The van der Waals surface area contributed by atoms with E-state index in [1.54, 1.807) is 4.90 Å². The SMILES string of the molecule is CN1C(=O)NC2(CCN(C(=O)Nc3cccc4ccccc34)CC2)C1=O. The minimum atomic E-state index is -0.859. The maximum absolute atomic E-state index is 12.7. The Bertz CT molecular complexity index is 897. The van der Waals surface area contributed by atoms with Crippen molar-refractivity contribution < 1.29 is 14.4 Å². The molecule has 26 heavy (non-hydrogen) atoms. The van der Waals surface area contributed by atoms with Crippen LogP contribution >= 0.6 is 0 Å². The van der Waals surface area contributed by atoms with Crippen LogP contribution in [0.25, 0.3) is 10.8 Å². The fourth-order valence-corrected chi connectivity index (χ4v) is 3.71. The molecular weight excluding hydrogens is 332 g/mol. The topological polar surface area (TPSA) is 81.8 Å². The van der Waals surface area contributed by atoms with Crippen LogP contribution in [0.1, 0.15) is 12.8 Å². The van der Waals surface area contributed by atoms with Crippen LogP contribution in [0, 0.1) is 0 Å². The fourth-order valence-electron chi connectivity index (χ4n) is 3.71. The lowest BCUT2D eigenvalue weighted by Crippen LogP contribution is -2.56. The van der Waals surface area contributed by atoms with E-state index in [-0.39, 0.29) is 18.0 Å². The molecule has 7 nitrogen and oxygen atoms in total. The molecule has 2 N–H and O–H groups in total. The first-order valence-corrected chi connectivity index (χ1v) is 8.64. The number of imide groups is 1. The second kappa shape index (κ2) is 6.01. The summed E-state index contributed by atoms with van der Waals surface area (Å²) in [5, 5.41) is 7.79. The van der Waals surface area contributed by atoms with E-state index in [0.717, 1.165) is 21.4 Å². The molecule has 134 valence electrons. The molecule has 0 atom stereocenters. The molecule has 2 fully saturated rings. The van der Waals surface area contributed by atoms with Crippen LogP contribution in [0.4, 0.5) is 15.3 Å². The second-order valence-corrected chi connectivity index (χ2v) is 6.82. The minimum absolute atomic E-state index is 0.193. The van der Waals surface area contributed by atoms with Crippen molar-refractivity contribution in [1.29, 1.82) is 0 Å². The van der Waals surface area contributed by atoms with Gasteiger partial charge in [0.2, 0.25) is 0 Å². The number of urea groups is 2. The van der Waals surface area contributed by atoms with Gasteiger partial charge in [-0.05, 0) is 24.3 Å². The van der Waals surface area contributed by atoms with E-state index in [1.165, 1.54) is 7.05 Å². The van der Waals surface area contributed by atoms with Gasteiger partial charge < -0.3 is 15.5 Å². The van der Waals surface area contributed by atoms with Crippen molar-refractivity contribution in [2.75, 3.05) is 25.5 Å². The van der Waals surface area contributed by atoms with Gasteiger partial charge in [0.25, 0.3) is 5.91 Å². The summed E-state index contributed by atoms with van der Waals surface area (Å²) in [6, 6.07) is 13.1. The molecule has 2 saturated heterocycles. The molecule has 0 radical (unpaired) electrons. The smallest absolute Gasteiger partial charge is 0.324 e. The molecule has 0 bridgehead atoms. The number of nitrogens with one attached hydrogen (secondary N) is 2. The largest absolute Gasteiger partial charge is 0.324 e. The number of amides is 5. The molecule has 0 aliphatic carbocycles. The first-order chi connectivity index (χ1) is 12.5. The van der Waals surface area contributed by atoms with E-state index < -0.39 is 5.54 Å². The van der Waals surface area contributed by atoms with E-state index in [9.17, 15) is 14.4 Å². The Morgan fingerprint density at radius 2 is 1.77 bits per heavy atom. The van der Waals surface area contributed by atoms with Gasteiger partial charge in [-0.25, -0.2) is 9.59 Å². The van der Waals surface area contributed by atoms with Gasteiger partial charge in [0, 0.05) is 25.5 Å². The Kier molecular flexibility index (Phi) is 3.79. The van der Waals surface area contributed by atoms with Crippen LogP contribution in [0.2, 0.25) is 0 Å². The van der Waals surface area contributed by atoms with Gasteiger partial charge in [-0.2, -0.15) is 0 Å². The molecule has 0 aromatic heterocycles. The fraction of sp³-hybridized carbons (Fsp3) is 0.316. The molecule has 1 spiro atoms. The minimum Gasteiger partial charge on any atom is -0.324 e. The predicted molar refractivity (Wildman–Crippen MR) is 97.8 cm³/mol. The number of likely N-dealkylation sites (N-methyl/N-ethyl adjacent to an activating group) is 1. The number of piperidine rings is 1. The summed E-state index contributed by atoms with van der Waals surface area (Å²) >= 11 is 0. The number of anilines is 1. The molecule has 0 saturated carbocycles. The molecule has 4 rings (SSSR count). The van der Waals surface area contributed by atoms with E-state index in [0.29, 0.717) is 25.9 Å². The number of carbonyl (C=O) groups is 3. The first kappa shape index (κ1) is 16.4. The molecule has 2 aliphatic heterocycles. The first-order valence-electron chi connectivity index (χ1n) is 8.64. The molecule has 2 aromatic carbocycles. The van der Waals surface area contributed by atoms with Crippen molar-refractivity contribution in [3.8, 4) is 0 Å². The zero-order valence-corrected chi connectivity index (χ0v) is 14.5. The van der Waals surface area contributed by atoms with Crippen molar-refractivity contribution in [2.24, 2.45) is 0 Å². The Morgan fingerprint density at radius 3 is 2.46 bits per heavy atom. The zero-order valence-electron chi connectivity index (χ0n) is 14.5. The van der Waals surface area contributed by atoms with E-state index in [4.69, 9.17) is 0 Å². The van der Waals surface area contributed by atoms with Gasteiger partial charge >= 0.3 is 12.1 Å². The van der Waals surface area contributed by atoms with Gasteiger partial charge in [-0.3, -0.25) is 9.69 Å². The zero-order chi connectivity index (χ0) is 18.3. The van der Waals surface area contributed by atoms with Crippen molar-refractivity contribution in [3.63, 3.8) is 0 Å². The summed E-state index contributed by atoms with van der Waals surface area (Å²) in [7, 11) is 1.48. The van der Waals surface area contributed by atoms with Gasteiger partial charge in [0.05, 0.1) is 5.69 Å². The summed E-state index contributed by atoms with van der Waals surface area (Å²) < 4.78 is 0. The molecule has 2 aromatic rings. The average Bonchev–Trinajstić information content (AvgIpc) is 2.86. The summed E-state index contributed by atoms with van der Waals surface area (Å²) in [6.07, 6.45) is 0.843. The second-order valence-electron chi connectivity index (χ2n) is 6.82. The monoisotopic (exact) mass is 352 g/mol.